The molecule has 0 bridgehead atoms. The van der Waals surface area contributed by atoms with Crippen LogP contribution in [0.2, 0.25) is 0 Å². The Morgan fingerprint density at radius 2 is 1.46 bits per heavy atom. The molecular formula is C24H25NO. The number of rotatable bonds is 5. The van der Waals surface area contributed by atoms with Crippen molar-refractivity contribution in [3.8, 4) is 0 Å². The maximum Gasteiger partial charge on any atom is 0.225 e. The molecule has 1 atom stereocenters. The third kappa shape index (κ3) is 4.40. The zero-order valence-electron chi connectivity index (χ0n) is 15.6. The lowest BCUT2D eigenvalue weighted by Gasteiger charge is -2.20. The van der Waals surface area contributed by atoms with E-state index in [4.69, 9.17) is 0 Å². The van der Waals surface area contributed by atoms with Crippen molar-refractivity contribution < 1.29 is 4.79 Å². The average Bonchev–Trinajstić information content (AvgIpc) is 2.64. The molecule has 1 N–H and O–H groups in total. The molecule has 132 valence electrons. The van der Waals surface area contributed by atoms with Crippen LogP contribution in [0.5, 0.6) is 0 Å². The number of nitrogens with one attached hydrogen (secondary N) is 1. The van der Waals surface area contributed by atoms with Crippen LogP contribution in [0.4, 0.5) is 0 Å². The number of aryl methyl sites for hydroxylation is 3. The van der Waals surface area contributed by atoms with Gasteiger partial charge in [0, 0.05) is 0 Å². The van der Waals surface area contributed by atoms with Crippen molar-refractivity contribution in [2.75, 3.05) is 0 Å². The lowest BCUT2D eigenvalue weighted by molar-refractivity contribution is -0.120. The molecule has 0 unspecified atom stereocenters. The van der Waals surface area contributed by atoms with Gasteiger partial charge in [0.2, 0.25) is 5.91 Å². The number of carbonyl (C=O) groups excluding carboxylic acids is 1. The molecule has 0 aliphatic heterocycles. The maximum absolute atomic E-state index is 12.7. The summed E-state index contributed by atoms with van der Waals surface area (Å²) < 4.78 is 0. The van der Waals surface area contributed by atoms with Gasteiger partial charge < -0.3 is 5.32 Å². The smallest absolute Gasteiger partial charge is 0.225 e. The van der Waals surface area contributed by atoms with Crippen LogP contribution in [0, 0.1) is 20.8 Å². The summed E-state index contributed by atoms with van der Waals surface area (Å²) in [6, 6.07) is 24.5. The summed E-state index contributed by atoms with van der Waals surface area (Å²) in [6.07, 6.45) is 0.385. The lowest BCUT2D eigenvalue weighted by Crippen LogP contribution is -2.30. The molecule has 0 saturated carbocycles. The molecule has 2 nitrogen and oxygen atoms in total. The number of hydrogen-bond donors (Lipinski definition) is 1. The van der Waals surface area contributed by atoms with Gasteiger partial charge in [-0.3, -0.25) is 4.79 Å². The van der Waals surface area contributed by atoms with Crippen LogP contribution in [-0.4, -0.2) is 5.91 Å². The largest absolute Gasteiger partial charge is 0.345 e. The van der Waals surface area contributed by atoms with E-state index in [9.17, 15) is 4.79 Å². The van der Waals surface area contributed by atoms with Crippen LogP contribution < -0.4 is 5.32 Å². The van der Waals surface area contributed by atoms with Gasteiger partial charge in [-0.05, 0) is 48.6 Å². The second-order valence-electron chi connectivity index (χ2n) is 6.92. The third-order valence-electron chi connectivity index (χ3n) is 4.78. The van der Waals surface area contributed by atoms with Crippen molar-refractivity contribution in [3.63, 3.8) is 0 Å². The molecule has 2 heteroatoms. The highest BCUT2D eigenvalue weighted by atomic mass is 16.1. The van der Waals surface area contributed by atoms with Crippen molar-refractivity contribution in [2.24, 2.45) is 0 Å². The number of benzene rings is 3. The van der Waals surface area contributed by atoms with Gasteiger partial charge in [0.05, 0.1) is 12.5 Å². The zero-order chi connectivity index (χ0) is 18.5. The highest BCUT2D eigenvalue weighted by Gasteiger charge is 2.17. The van der Waals surface area contributed by atoms with Gasteiger partial charge in [0.1, 0.15) is 0 Å². The van der Waals surface area contributed by atoms with Crippen molar-refractivity contribution >= 4 is 5.91 Å². The Hall–Kier alpha value is -2.87. The minimum Gasteiger partial charge on any atom is -0.345 e. The summed E-state index contributed by atoms with van der Waals surface area (Å²) in [5.74, 6) is 0.0303. The van der Waals surface area contributed by atoms with Crippen molar-refractivity contribution in [2.45, 2.75) is 33.2 Å². The SMILES string of the molecule is Cc1ccc([C@H](NC(=O)Cc2ccc(C)c(C)c2)c2ccccc2)cc1. The topological polar surface area (TPSA) is 29.1 Å². The van der Waals surface area contributed by atoms with E-state index in [0.717, 1.165) is 16.7 Å². The average molecular weight is 343 g/mol. The van der Waals surface area contributed by atoms with E-state index in [1.807, 2.05) is 24.3 Å². The Balaban J connectivity index is 1.82. The summed E-state index contributed by atoms with van der Waals surface area (Å²) in [5, 5.41) is 3.21. The first-order chi connectivity index (χ1) is 12.5. The molecule has 0 spiro atoms. The summed E-state index contributed by atoms with van der Waals surface area (Å²) in [5.41, 5.74) is 6.90. The third-order valence-corrected chi connectivity index (χ3v) is 4.78. The maximum atomic E-state index is 12.7. The van der Waals surface area contributed by atoms with Crippen molar-refractivity contribution in [1.29, 1.82) is 0 Å². The summed E-state index contributed by atoms with van der Waals surface area (Å²) in [6.45, 7) is 6.23. The number of amides is 1. The van der Waals surface area contributed by atoms with Crippen LogP contribution in [0.1, 0.15) is 39.4 Å². The predicted molar refractivity (Wildman–Crippen MR) is 107 cm³/mol. The molecule has 0 radical (unpaired) electrons. The van der Waals surface area contributed by atoms with Crippen LogP contribution >= 0.6 is 0 Å². The van der Waals surface area contributed by atoms with Gasteiger partial charge in [-0.25, -0.2) is 0 Å². The van der Waals surface area contributed by atoms with Gasteiger partial charge >= 0.3 is 0 Å². The van der Waals surface area contributed by atoms with Gasteiger partial charge in [0.25, 0.3) is 0 Å². The first kappa shape index (κ1) is 17.9. The van der Waals surface area contributed by atoms with Gasteiger partial charge in [0.15, 0.2) is 0 Å². The Bertz CT molecular complexity index is 882. The fourth-order valence-electron chi connectivity index (χ4n) is 3.07. The van der Waals surface area contributed by atoms with Crippen LogP contribution in [-0.2, 0) is 11.2 Å². The van der Waals surface area contributed by atoms with Gasteiger partial charge in [-0.1, -0.05) is 78.4 Å². The second-order valence-corrected chi connectivity index (χ2v) is 6.92. The Morgan fingerprint density at radius 3 is 2.12 bits per heavy atom. The minimum absolute atomic E-state index is 0.0303. The second kappa shape index (κ2) is 8.01. The summed E-state index contributed by atoms with van der Waals surface area (Å²) in [4.78, 5) is 12.7. The monoisotopic (exact) mass is 343 g/mol. The molecule has 0 saturated heterocycles. The van der Waals surface area contributed by atoms with Crippen molar-refractivity contribution in [3.05, 3.63) is 106 Å². The van der Waals surface area contributed by atoms with Crippen molar-refractivity contribution in [1.82, 2.24) is 5.32 Å². The normalized spacial score (nSPS) is 11.8. The highest BCUT2D eigenvalue weighted by molar-refractivity contribution is 5.79. The standard InChI is InChI=1S/C24H25NO/c1-17-9-13-22(14-10-17)24(21-7-5-4-6-8-21)25-23(26)16-20-12-11-18(2)19(3)15-20/h4-15,24H,16H2,1-3H3,(H,25,26)/t24-/m1/s1. The molecule has 0 heterocycles. The molecule has 0 fully saturated rings. The fourth-order valence-corrected chi connectivity index (χ4v) is 3.07. The number of carbonyl (C=O) groups is 1. The van der Waals surface area contributed by atoms with Crippen LogP contribution in [0.15, 0.2) is 72.8 Å². The van der Waals surface area contributed by atoms with Gasteiger partial charge in [-0.2, -0.15) is 0 Å². The molecule has 1 amide bonds. The molecule has 3 aromatic carbocycles. The molecule has 26 heavy (non-hydrogen) atoms. The zero-order valence-corrected chi connectivity index (χ0v) is 15.6. The van der Waals surface area contributed by atoms with E-state index in [1.165, 1.54) is 16.7 Å². The van der Waals surface area contributed by atoms with E-state index >= 15 is 0 Å². The fraction of sp³-hybridized carbons (Fsp3) is 0.208. The molecule has 0 aliphatic carbocycles. The molecule has 3 aromatic rings. The van der Waals surface area contributed by atoms with E-state index in [0.29, 0.717) is 6.42 Å². The minimum atomic E-state index is -0.143. The van der Waals surface area contributed by atoms with E-state index in [2.05, 4.69) is 74.6 Å². The Labute approximate surface area is 155 Å². The molecule has 0 aromatic heterocycles. The van der Waals surface area contributed by atoms with Crippen LogP contribution in [0.25, 0.3) is 0 Å². The van der Waals surface area contributed by atoms with E-state index in [-0.39, 0.29) is 11.9 Å². The predicted octanol–water partition coefficient (Wildman–Crippen LogP) is 5.06. The van der Waals surface area contributed by atoms with Gasteiger partial charge in [-0.15, -0.1) is 0 Å². The molecule has 3 rings (SSSR count). The Morgan fingerprint density at radius 1 is 0.808 bits per heavy atom. The molecule has 0 aliphatic rings. The van der Waals surface area contributed by atoms with Crippen LogP contribution in [0.3, 0.4) is 0 Å². The first-order valence-corrected chi connectivity index (χ1v) is 9.00. The Kier molecular flexibility index (Phi) is 5.52. The summed E-state index contributed by atoms with van der Waals surface area (Å²) in [7, 11) is 0. The quantitative estimate of drug-likeness (QED) is 0.689. The number of hydrogen-bond acceptors (Lipinski definition) is 1. The van der Waals surface area contributed by atoms with E-state index in [1.54, 1.807) is 0 Å². The van der Waals surface area contributed by atoms with E-state index < -0.39 is 0 Å². The highest BCUT2D eigenvalue weighted by Crippen LogP contribution is 2.22. The summed E-state index contributed by atoms with van der Waals surface area (Å²) >= 11 is 0. The molecular weight excluding hydrogens is 318 g/mol. The first-order valence-electron chi connectivity index (χ1n) is 9.00. The lowest BCUT2D eigenvalue weighted by atomic mass is 9.97.